The van der Waals surface area contributed by atoms with Crippen LogP contribution in [0, 0.1) is 0 Å². The molecule has 2 aliphatic rings. The van der Waals surface area contributed by atoms with Crippen LogP contribution in [-0.4, -0.2) is 19.4 Å². The van der Waals surface area contributed by atoms with Crippen LogP contribution in [0.15, 0.2) is 382 Å². The fourth-order valence-electron chi connectivity index (χ4n) is 17.5. The minimum absolute atomic E-state index is 0.0968. The summed E-state index contributed by atoms with van der Waals surface area (Å²) >= 11 is 0. The van der Waals surface area contributed by atoms with E-state index < -0.39 is 32.3 Å². The Morgan fingerprint density at radius 1 is 0.324 bits per heavy atom. The Kier molecular flexibility index (Phi) is 15.4. The topological polar surface area (TPSA) is 11.4 Å². The van der Waals surface area contributed by atoms with Crippen molar-refractivity contribution in [3.8, 4) is 72.4 Å². The summed E-state index contributed by atoms with van der Waals surface area (Å²) in [6.45, 7) is 15.5. The zero-order valence-electron chi connectivity index (χ0n) is 70.4. The highest BCUT2D eigenvalue weighted by molar-refractivity contribution is 7.20. The maximum Gasteiger partial charge on any atom is 0.252 e. The van der Waals surface area contributed by atoms with Crippen molar-refractivity contribution in [2.75, 3.05) is 9.80 Å². The van der Waals surface area contributed by atoms with Crippen molar-refractivity contribution in [3.63, 3.8) is 0 Å². The molecule has 3 heterocycles. The smallest absolute Gasteiger partial charge is 0.252 e. The first kappa shape index (κ1) is 61.1. The van der Waals surface area contributed by atoms with Gasteiger partial charge in [0, 0.05) is 61.5 Å². The summed E-state index contributed by atoms with van der Waals surface area (Å²) in [6, 6.07) is 121. The SMILES string of the molecule is [2H]c1c([2H])c([2H])c2c(c1[2H])c1c([2H])c(-c3ccccc3)c([2H])c([2H])c1n2-c1ccc2c(c1)N(c1c(-c3ccccc3)cc(C(C)C)cc1-c1ccccc1)c1cc(C(C)(C)C)cc3c1B2c1cc(-c2ccc([Si](c4ccccc4)(c4ccccc4)c4ccccc4)cc2)ccc1N3c1c(-c2ccccc2)cc(C(C)C)cc1-c1ccccc1. The highest BCUT2D eigenvalue weighted by atomic mass is 28.3. The van der Waals surface area contributed by atoms with E-state index in [1.54, 1.807) is 4.57 Å². The van der Waals surface area contributed by atoms with Crippen molar-refractivity contribution in [3.05, 3.63) is 399 Å². The third kappa shape index (κ3) is 11.8. The maximum absolute atomic E-state index is 10.4. The molecule has 0 spiro atoms. The summed E-state index contributed by atoms with van der Waals surface area (Å²) in [5.41, 5.74) is 23.8. The molecular formula is C106H86BN3Si. The molecule has 0 amide bonds. The minimum Gasteiger partial charge on any atom is -0.310 e. The highest BCUT2D eigenvalue weighted by Crippen LogP contribution is 2.55. The highest BCUT2D eigenvalue weighted by Gasteiger charge is 2.47. The van der Waals surface area contributed by atoms with Crippen molar-refractivity contribution >= 4 is 108 Å². The average Bonchev–Trinajstić information content (AvgIpc) is 0.878. The van der Waals surface area contributed by atoms with Gasteiger partial charge >= 0.3 is 0 Å². The van der Waals surface area contributed by atoms with Gasteiger partial charge in [0.1, 0.15) is 0 Å². The van der Waals surface area contributed by atoms with E-state index in [1.165, 1.54) is 26.3 Å². The quantitative estimate of drug-likeness (QED) is 0.0749. The molecule has 0 atom stereocenters. The first-order chi connectivity index (χ1) is 57.3. The van der Waals surface area contributed by atoms with Crippen LogP contribution in [0.1, 0.15) is 86.6 Å². The molecule has 111 heavy (non-hydrogen) atoms. The zero-order chi connectivity index (χ0) is 81.2. The number of hydrogen-bond acceptors (Lipinski definition) is 2. The van der Waals surface area contributed by atoms with E-state index in [0.29, 0.717) is 11.3 Å². The van der Waals surface area contributed by atoms with E-state index in [9.17, 15) is 9.60 Å². The third-order valence-electron chi connectivity index (χ3n) is 23.1. The fourth-order valence-corrected chi connectivity index (χ4v) is 22.3. The second-order valence-corrected chi connectivity index (χ2v) is 35.1. The summed E-state index contributed by atoms with van der Waals surface area (Å²) < 4.78 is 71.2. The first-order valence-electron chi connectivity index (χ1n) is 42.3. The minimum atomic E-state index is -2.95. The van der Waals surface area contributed by atoms with Gasteiger partial charge in [-0.25, -0.2) is 0 Å². The van der Waals surface area contributed by atoms with Crippen LogP contribution in [0.5, 0.6) is 0 Å². The van der Waals surface area contributed by atoms with Gasteiger partial charge < -0.3 is 14.4 Å². The predicted molar refractivity (Wildman–Crippen MR) is 478 cm³/mol. The molecule has 2 aliphatic heterocycles. The van der Waals surface area contributed by atoms with Crippen molar-refractivity contribution in [2.45, 2.75) is 65.7 Å². The molecule has 5 heteroatoms. The number of benzene rings is 16. The Balaban J connectivity index is 0.974. The molecule has 0 saturated heterocycles. The average molecular weight is 1450 g/mol. The molecule has 0 radical (unpaired) electrons. The van der Waals surface area contributed by atoms with Gasteiger partial charge in [-0.3, -0.25) is 0 Å². The Labute approximate surface area is 664 Å². The third-order valence-corrected chi connectivity index (χ3v) is 27.8. The molecular weight excluding hydrogens is 1350 g/mol. The molecule has 1 aromatic heterocycles. The van der Waals surface area contributed by atoms with Crippen LogP contribution in [0.3, 0.4) is 0 Å². The number of fused-ring (bicyclic) bond motifs is 7. The van der Waals surface area contributed by atoms with Crippen LogP contribution >= 0.6 is 0 Å². The first-order valence-corrected chi connectivity index (χ1v) is 40.8. The lowest BCUT2D eigenvalue weighted by atomic mass is 9.33. The number of hydrogen-bond donors (Lipinski definition) is 0. The number of rotatable bonds is 15. The Bertz CT molecular complexity index is 6570. The second-order valence-electron chi connectivity index (χ2n) is 31.3. The van der Waals surface area contributed by atoms with Crippen LogP contribution in [0.2, 0.25) is 0 Å². The van der Waals surface area contributed by atoms with Crippen molar-refractivity contribution in [2.24, 2.45) is 0 Å². The summed E-state index contributed by atoms with van der Waals surface area (Å²) in [5.74, 6) is 0.291. The zero-order valence-corrected chi connectivity index (χ0v) is 64.4. The lowest BCUT2D eigenvalue weighted by molar-refractivity contribution is 0.590. The van der Waals surface area contributed by atoms with Crippen LogP contribution in [0.25, 0.3) is 94.3 Å². The van der Waals surface area contributed by atoms with E-state index >= 15 is 0 Å². The summed E-state index contributed by atoms with van der Waals surface area (Å²) in [5, 5.41) is 5.42. The summed E-state index contributed by atoms with van der Waals surface area (Å²) in [7, 11) is -2.95. The normalized spacial score (nSPS) is 13.5. The lowest BCUT2D eigenvalue weighted by Crippen LogP contribution is -2.74. The number of anilines is 6. The molecule has 16 aromatic carbocycles. The van der Waals surface area contributed by atoms with Gasteiger partial charge in [0.05, 0.1) is 32.0 Å². The van der Waals surface area contributed by atoms with E-state index in [-0.39, 0.29) is 69.4 Å². The molecule has 19 rings (SSSR count). The van der Waals surface area contributed by atoms with Crippen molar-refractivity contribution in [1.82, 2.24) is 4.57 Å². The number of aromatic nitrogens is 1. The van der Waals surface area contributed by atoms with Gasteiger partial charge in [0.2, 0.25) is 0 Å². The lowest BCUT2D eigenvalue weighted by Gasteiger charge is -2.46. The Morgan fingerprint density at radius 3 is 1.17 bits per heavy atom. The van der Waals surface area contributed by atoms with Crippen LogP contribution in [-0.2, 0) is 5.41 Å². The van der Waals surface area contributed by atoms with E-state index in [0.717, 1.165) is 117 Å². The monoisotopic (exact) mass is 1450 g/mol. The van der Waals surface area contributed by atoms with Gasteiger partial charge in [-0.1, -0.05) is 358 Å². The van der Waals surface area contributed by atoms with E-state index in [4.69, 9.17) is 0 Å². The molecule has 0 N–H and O–H groups in total. The van der Waals surface area contributed by atoms with Gasteiger partial charge in [0.15, 0.2) is 8.07 Å². The van der Waals surface area contributed by atoms with E-state index in [2.05, 4.69) is 362 Å². The van der Waals surface area contributed by atoms with Gasteiger partial charge in [0.25, 0.3) is 6.71 Å². The second kappa shape index (κ2) is 28.0. The molecule has 17 aromatic rings. The summed E-state index contributed by atoms with van der Waals surface area (Å²) in [4.78, 5) is 5.12. The molecule has 0 unspecified atom stereocenters. The van der Waals surface area contributed by atoms with Crippen molar-refractivity contribution in [1.29, 1.82) is 0 Å². The Hall–Kier alpha value is -12.8. The standard InChI is InChI=1S/C106H86BN3Si/c1-71(2)81-63-90(75-36-18-9-19-37-75)104(91(64-81)76-38-20-10-21-39-76)109-99-61-55-80(74-52-57-88(58-53-74)111(85-44-26-13-27-45-85,86-46-28-14-29-47-86)87-48-30-15-31-49-87)67-96(99)107-95-59-56-84(108-97-51-33-32-50-89(97)94-62-79(54-60-98(94)108)73-34-16-8-17-35-73)70-100(95)110(102-69-83(106(5,6)7)68-101(109)103(102)107)105-92(77-40-22-11-23-41-77)65-82(72(3)4)66-93(105)78-42-24-12-25-43-78/h8-72H,1-7H3/i32D,33D,50D,51D,54D,60D,62D. The van der Waals surface area contributed by atoms with E-state index in [1.807, 2.05) is 36.4 Å². The molecule has 3 nitrogen and oxygen atoms in total. The summed E-state index contributed by atoms with van der Waals surface area (Å²) in [6.07, 6.45) is 0. The van der Waals surface area contributed by atoms with Gasteiger partial charge in [-0.2, -0.15) is 0 Å². The predicted octanol–water partition coefficient (Wildman–Crippen LogP) is 23.8. The molecule has 0 aliphatic carbocycles. The Morgan fingerprint density at radius 2 is 0.721 bits per heavy atom. The molecule has 0 fully saturated rings. The van der Waals surface area contributed by atoms with Crippen LogP contribution < -0.4 is 46.9 Å². The van der Waals surface area contributed by atoms with Gasteiger partial charge in [-0.15, -0.1) is 0 Å². The molecule has 532 valence electrons. The molecule has 0 bridgehead atoms. The van der Waals surface area contributed by atoms with Gasteiger partial charge in [-0.05, 0) is 188 Å². The maximum atomic E-state index is 10.4. The largest absolute Gasteiger partial charge is 0.310 e. The van der Waals surface area contributed by atoms with Crippen LogP contribution in [0.4, 0.5) is 34.1 Å². The fraction of sp³-hybridized carbons (Fsp3) is 0.0943. The molecule has 0 saturated carbocycles. The van der Waals surface area contributed by atoms with Crippen molar-refractivity contribution < 1.29 is 9.60 Å². The number of nitrogens with zero attached hydrogens (tertiary/aromatic N) is 3. The number of para-hydroxylation sites is 1.